The number of nitrogens with zero attached hydrogens (tertiary/aromatic N) is 1. The van der Waals surface area contributed by atoms with E-state index < -0.39 is 5.54 Å². The van der Waals surface area contributed by atoms with Gasteiger partial charge in [-0.25, -0.2) is 0 Å². The second-order valence-electron chi connectivity index (χ2n) is 3.81. The van der Waals surface area contributed by atoms with Gasteiger partial charge in [-0.3, -0.25) is 5.32 Å². The lowest BCUT2D eigenvalue weighted by atomic mass is 9.96. The molecule has 0 aliphatic carbocycles. The standard InChI is InChI=1S/C12H20N2/c1-4-6-7-8-9-12(3,11-13)14-10-5-2/h2,14H,4,6-10H2,1,3H3. The SMILES string of the molecule is C#CCNC(C)(C#N)CCCCCC. The van der Waals surface area contributed by atoms with Gasteiger partial charge >= 0.3 is 0 Å². The number of terminal acetylenes is 1. The maximum atomic E-state index is 8.99. The molecule has 0 saturated carbocycles. The summed E-state index contributed by atoms with van der Waals surface area (Å²) in [5, 5.41) is 12.1. The van der Waals surface area contributed by atoms with E-state index in [1.54, 1.807) is 0 Å². The molecule has 2 nitrogen and oxygen atoms in total. The molecule has 0 aliphatic heterocycles. The molecular weight excluding hydrogens is 172 g/mol. The van der Waals surface area contributed by atoms with Crippen LogP contribution in [0.1, 0.15) is 46.0 Å². The summed E-state index contributed by atoms with van der Waals surface area (Å²) in [6.45, 7) is 4.56. The Hall–Kier alpha value is -0.990. The highest BCUT2D eigenvalue weighted by atomic mass is 14.9. The zero-order valence-electron chi connectivity index (χ0n) is 9.27. The number of nitriles is 1. The first-order chi connectivity index (χ1) is 6.68. The van der Waals surface area contributed by atoms with E-state index in [1.165, 1.54) is 19.3 Å². The van der Waals surface area contributed by atoms with Gasteiger partial charge in [-0.1, -0.05) is 38.5 Å². The van der Waals surface area contributed by atoms with Gasteiger partial charge in [-0.05, 0) is 13.3 Å². The van der Waals surface area contributed by atoms with E-state index in [-0.39, 0.29) is 0 Å². The summed E-state index contributed by atoms with van der Waals surface area (Å²) in [6, 6.07) is 2.28. The van der Waals surface area contributed by atoms with Gasteiger partial charge in [0.05, 0.1) is 12.6 Å². The molecule has 0 aliphatic rings. The predicted molar refractivity (Wildman–Crippen MR) is 59.6 cm³/mol. The molecule has 0 aromatic rings. The average molecular weight is 192 g/mol. The number of hydrogen-bond acceptors (Lipinski definition) is 2. The Morgan fingerprint density at radius 3 is 2.57 bits per heavy atom. The molecule has 14 heavy (non-hydrogen) atoms. The van der Waals surface area contributed by atoms with Gasteiger partial charge in [-0.15, -0.1) is 6.42 Å². The Morgan fingerprint density at radius 2 is 2.07 bits per heavy atom. The van der Waals surface area contributed by atoms with Crippen LogP contribution in [0.15, 0.2) is 0 Å². The molecule has 0 saturated heterocycles. The van der Waals surface area contributed by atoms with E-state index in [1.807, 2.05) is 6.92 Å². The summed E-state index contributed by atoms with van der Waals surface area (Å²) in [5.74, 6) is 2.50. The van der Waals surface area contributed by atoms with Crippen molar-refractivity contribution in [3.8, 4) is 18.4 Å². The molecule has 0 amide bonds. The Kier molecular flexibility index (Phi) is 6.89. The highest BCUT2D eigenvalue weighted by Gasteiger charge is 2.21. The molecule has 78 valence electrons. The molecule has 0 heterocycles. The third kappa shape index (κ3) is 5.62. The molecule has 0 aromatic carbocycles. The Morgan fingerprint density at radius 1 is 1.36 bits per heavy atom. The minimum atomic E-state index is -0.444. The largest absolute Gasteiger partial charge is 0.289 e. The topological polar surface area (TPSA) is 35.8 Å². The zero-order chi connectivity index (χ0) is 10.9. The highest BCUT2D eigenvalue weighted by Crippen LogP contribution is 2.14. The van der Waals surface area contributed by atoms with Crippen molar-refractivity contribution in [2.75, 3.05) is 6.54 Å². The number of unbranched alkanes of at least 4 members (excludes halogenated alkanes) is 3. The number of rotatable bonds is 7. The molecule has 0 rings (SSSR count). The first-order valence-corrected chi connectivity index (χ1v) is 5.28. The van der Waals surface area contributed by atoms with Crippen LogP contribution in [0.3, 0.4) is 0 Å². The molecule has 0 aromatic heterocycles. The molecule has 1 atom stereocenters. The third-order valence-electron chi connectivity index (χ3n) is 2.36. The van der Waals surface area contributed by atoms with Crippen molar-refractivity contribution in [1.29, 1.82) is 5.26 Å². The van der Waals surface area contributed by atoms with E-state index in [0.717, 1.165) is 12.8 Å². The minimum Gasteiger partial charge on any atom is -0.289 e. The summed E-state index contributed by atoms with van der Waals surface area (Å²) in [7, 11) is 0. The number of nitrogens with one attached hydrogen (secondary N) is 1. The lowest BCUT2D eigenvalue weighted by Gasteiger charge is -2.21. The third-order valence-corrected chi connectivity index (χ3v) is 2.36. The van der Waals surface area contributed by atoms with Crippen molar-refractivity contribution in [3.05, 3.63) is 0 Å². The second-order valence-corrected chi connectivity index (χ2v) is 3.81. The van der Waals surface area contributed by atoms with E-state index in [0.29, 0.717) is 6.54 Å². The maximum Gasteiger partial charge on any atom is 0.104 e. The van der Waals surface area contributed by atoms with Gasteiger partial charge in [0.1, 0.15) is 5.54 Å². The molecule has 1 N–H and O–H groups in total. The normalized spacial score (nSPS) is 14.0. The fourth-order valence-electron chi connectivity index (χ4n) is 1.34. The summed E-state index contributed by atoms with van der Waals surface area (Å²) in [5.41, 5.74) is -0.444. The smallest absolute Gasteiger partial charge is 0.104 e. The average Bonchev–Trinajstić information content (AvgIpc) is 2.22. The molecule has 0 spiro atoms. The van der Waals surface area contributed by atoms with Gasteiger partial charge in [-0.2, -0.15) is 5.26 Å². The van der Waals surface area contributed by atoms with Crippen molar-refractivity contribution in [2.45, 2.75) is 51.5 Å². The van der Waals surface area contributed by atoms with Crippen molar-refractivity contribution in [1.82, 2.24) is 5.32 Å². The van der Waals surface area contributed by atoms with E-state index in [9.17, 15) is 0 Å². The van der Waals surface area contributed by atoms with Crippen molar-refractivity contribution < 1.29 is 0 Å². The van der Waals surface area contributed by atoms with Crippen molar-refractivity contribution in [2.24, 2.45) is 0 Å². The van der Waals surface area contributed by atoms with Crippen LogP contribution in [0, 0.1) is 23.7 Å². The molecule has 2 heteroatoms. The summed E-state index contributed by atoms with van der Waals surface area (Å²) in [4.78, 5) is 0. The lowest BCUT2D eigenvalue weighted by Crippen LogP contribution is -2.41. The fourth-order valence-corrected chi connectivity index (χ4v) is 1.34. The van der Waals surface area contributed by atoms with Gasteiger partial charge in [0.15, 0.2) is 0 Å². The van der Waals surface area contributed by atoms with Crippen LogP contribution < -0.4 is 5.32 Å². The Labute approximate surface area is 87.7 Å². The van der Waals surface area contributed by atoms with Crippen LogP contribution in [-0.4, -0.2) is 12.1 Å². The van der Waals surface area contributed by atoms with E-state index >= 15 is 0 Å². The Bertz CT molecular complexity index is 221. The number of hydrogen-bond donors (Lipinski definition) is 1. The quantitative estimate of drug-likeness (QED) is 0.497. The van der Waals surface area contributed by atoms with Gasteiger partial charge < -0.3 is 0 Å². The fraction of sp³-hybridized carbons (Fsp3) is 0.750. The molecule has 1 unspecified atom stereocenters. The van der Waals surface area contributed by atoms with Crippen molar-refractivity contribution in [3.63, 3.8) is 0 Å². The minimum absolute atomic E-state index is 0.444. The van der Waals surface area contributed by atoms with Crippen LogP contribution in [0.5, 0.6) is 0 Å². The van der Waals surface area contributed by atoms with Gasteiger partial charge in [0.25, 0.3) is 0 Å². The molecule has 0 bridgehead atoms. The molecule has 0 radical (unpaired) electrons. The maximum absolute atomic E-state index is 8.99. The molecule has 0 fully saturated rings. The monoisotopic (exact) mass is 192 g/mol. The first-order valence-electron chi connectivity index (χ1n) is 5.28. The Balaban J connectivity index is 3.77. The summed E-state index contributed by atoms with van der Waals surface area (Å²) in [6.07, 6.45) is 10.8. The summed E-state index contributed by atoms with van der Waals surface area (Å²) < 4.78 is 0. The van der Waals surface area contributed by atoms with Crippen LogP contribution in [-0.2, 0) is 0 Å². The van der Waals surface area contributed by atoms with Crippen LogP contribution in [0.4, 0.5) is 0 Å². The van der Waals surface area contributed by atoms with Crippen LogP contribution >= 0.6 is 0 Å². The predicted octanol–water partition coefficient (Wildman–Crippen LogP) is 2.46. The van der Waals surface area contributed by atoms with E-state index in [2.05, 4.69) is 24.2 Å². The summed E-state index contributed by atoms with van der Waals surface area (Å²) >= 11 is 0. The zero-order valence-corrected chi connectivity index (χ0v) is 9.27. The highest BCUT2D eigenvalue weighted by molar-refractivity contribution is 5.05. The molecular formula is C12H20N2. The lowest BCUT2D eigenvalue weighted by molar-refractivity contribution is 0.417. The van der Waals surface area contributed by atoms with Gasteiger partial charge in [0.2, 0.25) is 0 Å². The van der Waals surface area contributed by atoms with E-state index in [4.69, 9.17) is 11.7 Å². The first kappa shape index (κ1) is 13.0. The van der Waals surface area contributed by atoms with Gasteiger partial charge in [0, 0.05) is 0 Å². The van der Waals surface area contributed by atoms with Crippen molar-refractivity contribution >= 4 is 0 Å². The van der Waals surface area contributed by atoms with Crippen LogP contribution in [0.2, 0.25) is 0 Å². The second kappa shape index (κ2) is 7.42. The van der Waals surface area contributed by atoms with Crippen LogP contribution in [0.25, 0.3) is 0 Å².